The maximum Gasteiger partial charge on any atom is 0.472 e. The molecule has 0 aliphatic carbocycles. The van der Waals surface area contributed by atoms with Crippen molar-refractivity contribution in [2.45, 2.75) is 37.2 Å². The molecule has 5 atom stereocenters. The molecule has 16 heavy (non-hydrogen) atoms. The molecule has 2 heterocycles. The Labute approximate surface area is 95.2 Å². The number of rotatable bonds is 4. The second kappa shape index (κ2) is 4.08. The van der Waals surface area contributed by atoms with Crippen LogP contribution < -0.4 is 0 Å². The molecule has 2 fully saturated rings. The van der Waals surface area contributed by atoms with Crippen LogP contribution >= 0.6 is 7.82 Å². The molecular weight excluding hydrogens is 234 g/mol. The second-order valence-corrected chi connectivity index (χ2v) is 5.47. The van der Waals surface area contributed by atoms with Crippen LogP contribution in [0.25, 0.3) is 0 Å². The molecular formula is C8H14BO6P. The first kappa shape index (κ1) is 12.5. The minimum atomic E-state index is -4.06. The standard InChI is InChI=1S/C8H14BO6P/c1-3-8-4-13-5(7(9)14-8)6(8)15-16(10,11)12-2/h5-7H,3-4H2,1-2H3,(H,10,11)/t5-,6?,7+,8+/m0/s1. The van der Waals surface area contributed by atoms with E-state index in [9.17, 15) is 9.46 Å². The van der Waals surface area contributed by atoms with Gasteiger partial charge in [-0.15, -0.1) is 0 Å². The van der Waals surface area contributed by atoms with Crippen molar-refractivity contribution in [3.63, 3.8) is 0 Å². The fourth-order valence-corrected chi connectivity index (χ4v) is 2.83. The zero-order valence-electron chi connectivity index (χ0n) is 9.16. The van der Waals surface area contributed by atoms with Gasteiger partial charge >= 0.3 is 7.82 Å². The van der Waals surface area contributed by atoms with E-state index in [4.69, 9.17) is 21.8 Å². The minimum Gasteiger partial charge on any atom is -0.374 e. The molecule has 1 N–H and O–H groups in total. The molecule has 2 aliphatic rings. The molecule has 2 aliphatic heterocycles. The molecule has 0 aromatic rings. The molecule has 0 aromatic carbocycles. The lowest BCUT2D eigenvalue weighted by Crippen LogP contribution is -2.41. The first-order valence-corrected chi connectivity index (χ1v) is 6.55. The third kappa shape index (κ3) is 1.86. The van der Waals surface area contributed by atoms with E-state index in [2.05, 4.69) is 4.52 Å². The summed E-state index contributed by atoms with van der Waals surface area (Å²) in [5.41, 5.74) is -0.735. The van der Waals surface area contributed by atoms with Gasteiger partial charge in [-0.05, 0) is 6.42 Å². The van der Waals surface area contributed by atoms with E-state index in [1.807, 2.05) is 6.92 Å². The van der Waals surface area contributed by atoms with Gasteiger partial charge in [0.15, 0.2) is 0 Å². The molecule has 2 rings (SSSR count). The Morgan fingerprint density at radius 3 is 2.88 bits per heavy atom. The van der Waals surface area contributed by atoms with Gasteiger partial charge < -0.3 is 14.4 Å². The molecule has 0 aromatic heterocycles. The van der Waals surface area contributed by atoms with Crippen LogP contribution in [-0.2, 0) is 23.1 Å². The normalized spacial score (nSPS) is 45.8. The topological polar surface area (TPSA) is 74.2 Å². The van der Waals surface area contributed by atoms with Crippen LogP contribution in [0.3, 0.4) is 0 Å². The Hall–Kier alpha value is 0.0949. The van der Waals surface area contributed by atoms with Crippen LogP contribution in [0.15, 0.2) is 0 Å². The lowest BCUT2D eigenvalue weighted by Gasteiger charge is -2.29. The highest BCUT2D eigenvalue weighted by Gasteiger charge is 2.61. The fraction of sp³-hybridized carbons (Fsp3) is 1.00. The van der Waals surface area contributed by atoms with E-state index in [1.54, 1.807) is 0 Å². The highest BCUT2D eigenvalue weighted by molar-refractivity contribution is 7.47. The number of hydrogen-bond acceptors (Lipinski definition) is 5. The summed E-state index contributed by atoms with van der Waals surface area (Å²) in [6.07, 6.45) is -0.593. The molecule has 90 valence electrons. The Bertz CT molecular complexity index is 326. The Kier molecular flexibility index (Phi) is 3.20. The number of phosphoric acid groups is 1. The molecule has 2 saturated heterocycles. The average Bonchev–Trinajstić information content (AvgIpc) is 2.70. The van der Waals surface area contributed by atoms with Crippen molar-refractivity contribution in [3.05, 3.63) is 0 Å². The number of phosphoric ester groups is 1. The Morgan fingerprint density at radius 2 is 2.38 bits per heavy atom. The molecule has 8 heteroatoms. The van der Waals surface area contributed by atoms with Crippen LogP contribution in [0.5, 0.6) is 0 Å². The van der Waals surface area contributed by atoms with Gasteiger partial charge in [0.2, 0.25) is 0 Å². The summed E-state index contributed by atoms with van der Waals surface area (Å²) < 4.78 is 31.8. The lowest BCUT2D eigenvalue weighted by molar-refractivity contribution is -0.118. The van der Waals surface area contributed by atoms with Crippen LogP contribution in [-0.4, -0.2) is 50.3 Å². The molecule has 2 radical (unpaired) electrons. The number of fused-ring (bicyclic) bond motifs is 2. The quantitative estimate of drug-likeness (QED) is 0.565. The predicted octanol–water partition coefficient (Wildman–Crippen LogP) is 0.191. The predicted molar refractivity (Wildman–Crippen MR) is 55.1 cm³/mol. The number of ether oxygens (including phenoxy) is 2. The van der Waals surface area contributed by atoms with Gasteiger partial charge in [-0.25, -0.2) is 4.57 Å². The summed E-state index contributed by atoms with van der Waals surface area (Å²) in [5, 5.41) is 0. The maximum atomic E-state index is 11.4. The number of hydrogen-bond donors (Lipinski definition) is 1. The molecule has 6 nitrogen and oxygen atoms in total. The molecule has 0 amide bonds. The van der Waals surface area contributed by atoms with Crippen molar-refractivity contribution < 1.29 is 28.0 Å². The van der Waals surface area contributed by atoms with Crippen LogP contribution in [0.4, 0.5) is 0 Å². The van der Waals surface area contributed by atoms with Crippen molar-refractivity contribution >= 4 is 15.7 Å². The van der Waals surface area contributed by atoms with Gasteiger partial charge in [0, 0.05) is 13.1 Å². The third-order valence-corrected chi connectivity index (χ3v) is 4.06. The van der Waals surface area contributed by atoms with Gasteiger partial charge in [0.1, 0.15) is 25.7 Å². The maximum absolute atomic E-state index is 11.4. The van der Waals surface area contributed by atoms with Crippen molar-refractivity contribution in [2.75, 3.05) is 13.7 Å². The SMILES string of the molecule is [B][C@@H]1O[C@]2(CC)CO[C@H]1C2OP(=O)(O)OC. The van der Waals surface area contributed by atoms with E-state index < -0.39 is 31.6 Å². The van der Waals surface area contributed by atoms with E-state index in [0.29, 0.717) is 13.0 Å². The highest BCUT2D eigenvalue weighted by Crippen LogP contribution is 2.52. The fourth-order valence-electron chi connectivity index (χ4n) is 2.14. The van der Waals surface area contributed by atoms with E-state index in [-0.39, 0.29) is 0 Å². The van der Waals surface area contributed by atoms with Crippen molar-refractivity contribution in [1.82, 2.24) is 0 Å². The van der Waals surface area contributed by atoms with Gasteiger partial charge in [-0.3, -0.25) is 9.05 Å². The van der Waals surface area contributed by atoms with Gasteiger partial charge in [0.25, 0.3) is 0 Å². The van der Waals surface area contributed by atoms with Crippen molar-refractivity contribution in [2.24, 2.45) is 0 Å². The molecule has 2 unspecified atom stereocenters. The van der Waals surface area contributed by atoms with Gasteiger partial charge in [-0.2, -0.15) is 0 Å². The molecule has 0 spiro atoms. The zero-order chi connectivity index (χ0) is 12.0. The van der Waals surface area contributed by atoms with Crippen LogP contribution in [0, 0.1) is 0 Å². The second-order valence-electron chi connectivity index (χ2n) is 3.95. The summed E-state index contributed by atoms with van der Waals surface area (Å²) in [5.74, 6) is 0. The third-order valence-electron chi connectivity index (χ3n) is 3.11. The summed E-state index contributed by atoms with van der Waals surface area (Å²) in [4.78, 5) is 9.30. The summed E-state index contributed by atoms with van der Waals surface area (Å²) in [7, 11) is 2.75. The average molecular weight is 248 g/mol. The summed E-state index contributed by atoms with van der Waals surface area (Å²) in [6.45, 7) is 2.20. The lowest BCUT2D eigenvalue weighted by atomic mass is 9.91. The highest BCUT2D eigenvalue weighted by atomic mass is 31.2. The monoisotopic (exact) mass is 248 g/mol. The smallest absolute Gasteiger partial charge is 0.374 e. The van der Waals surface area contributed by atoms with Crippen LogP contribution in [0.2, 0.25) is 0 Å². The van der Waals surface area contributed by atoms with Crippen LogP contribution in [0.1, 0.15) is 13.3 Å². The summed E-state index contributed by atoms with van der Waals surface area (Å²) in [6, 6.07) is -0.629. The first-order chi connectivity index (χ1) is 7.44. The van der Waals surface area contributed by atoms with E-state index in [0.717, 1.165) is 7.11 Å². The largest absolute Gasteiger partial charge is 0.472 e. The van der Waals surface area contributed by atoms with Crippen molar-refractivity contribution in [1.29, 1.82) is 0 Å². The zero-order valence-corrected chi connectivity index (χ0v) is 10.1. The van der Waals surface area contributed by atoms with Gasteiger partial charge in [-0.1, -0.05) is 6.92 Å². The van der Waals surface area contributed by atoms with E-state index in [1.165, 1.54) is 0 Å². The van der Waals surface area contributed by atoms with Gasteiger partial charge in [0.05, 0.1) is 6.61 Å². The molecule has 2 bridgehead atoms. The Morgan fingerprint density at radius 1 is 1.69 bits per heavy atom. The first-order valence-electron chi connectivity index (χ1n) is 5.06. The molecule has 0 saturated carbocycles. The Balaban J connectivity index is 2.18. The minimum absolute atomic E-state index is 0.316. The summed E-state index contributed by atoms with van der Waals surface area (Å²) >= 11 is 0. The van der Waals surface area contributed by atoms with Crippen molar-refractivity contribution in [3.8, 4) is 0 Å². The van der Waals surface area contributed by atoms with E-state index >= 15 is 0 Å².